The lowest BCUT2D eigenvalue weighted by Crippen LogP contribution is -2.13. The molecule has 8 heteroatoms. The van der Waals surface area contributed by atoms with Gasteiger partial charge in [-0.05, 0) is 50.1 Å². The molecule has 1 amide bonds. The SMILES string of the molecule is CCn1ncc2ncc(N[C@@H](C)c3cccc(NC(=O)c4cncc(C)c4)c3)nc21. The number of nitrogens with one attached hydrogen (secondary N) is 2. The number of aromatic nitrogens is 5. The van der Waals surface area contributed by atoms with Gasteiger partial charge in [0.05, 0.1) is 24.0 Å². The number of pyridine rings is 1. The topological polar surface area (TPSA) is 97.6 Å². The lowest BCUT2D eigenvalue weighted by Gasteiger charge is -2.16. The highest BCUT2D eigenvalue weighted by atomic mass is 16.1. The first-order chi connectivity index (χ1) is 14.5. The Labute approximate surface area is 174 Å². The number of hydrogen-bond acceptors (Lipinski definition) is 6. The van der Waals surface area contributed by atoms with Crippen LogP contribution in [0.15, 0.2) is 55.1 Å². The Bertz CT molecular complexity index is 1200. The summed E-state index contributed by atoms with van der Waals surface area (Å²) in [5, 5.41) is 10.6. The zero-order chi connectivity index (χ0) is 21.1. The molecule has 0 bridgehead atoms. The Morgan fingerprint density at radius 1 is 1.17 bits per heavy atom. The number of anilines is 2. The van der Waals surface area contributed by atoms with Gasteiger partial charge in [-0.2, -0.15) is 5.10 Å². The van der Waals surface area contributed by atoms with Crippen molar-refractivity contribution in [2.24, 2.45) is 0 Å². The third-order valence-electron chi connectivity index (χ3n) is 4.79. The van der Waals surface area contributed by atoms with Crippen LogP contribution in [0, 0.1) is 6.92 Å². The van der Waals surface area contributed by atoms with Gasteiger partial charge < -0.3 is 10.6 Å². The fourth-order valence-corrected chi connectivity index (χ4v) is 3.22. The second-order valence-corrected chi connectivity index (χ2v) is 7.12. The summed E-state index contributed by atoms with van der Waals surface area (Å²) in [4.78, 5) is 25.6. The van der Waals surface area contributed by atoms with Crippen LogP contribution in [-0.4, -0.2) is 30.6 Å². The summed E-state index contributed by atoms with van der Waals surface area (Å²) in [6, 6.07) is 9.51. The number of hydrogen-bond donors (Lipinski definition) is 2. The van der Waals surface area contributed by atoms with E-state index in [2.05, 4.69) is 30.7 Å². The van der Waals surface area contributed by atoms with Gasteiger partial charge in [0.15, 0.2) is 5.65 Å². The molecule has 0 fully saturated rings. The van der Waals surface area contributed by atoms with Gasteiger partial charge in [-0.1, -0.05) is 12.1 Å². The van der Waals surface area contributed by atoms with E-state index >= 15 is 0 Å². The van der Waals surface area contributed by atoms with Gasteiger partial charge in [0.1, 0.15) is 11.3 Å². The Kier molecular flexibility index (Phi) is 5.38. The number of amides is 1. The molecule has 2 N–H and O–H groups in total. The van der Waals surface area contributed by atoms with Gasteiger partial charge >= 0.3 is 0 Å². The first-order valence-corrected chi connectivity index (χ1v) is 9.81. The molecule has 8 nitrogen and oxygen atoms in total. The Balaban J connectivity index is 1.49. The molecule has 0 saturated carbocycles. The van der Waals surface area contributed by atoms with Gasteiger partial charge in [0.2, 0.25) is 0 Å². The second kappa shape index (κ2) is 8.28. The number of carbonyl (C=O) groups is 1. The van der Waals surface area contributed by atoms with Crippen molar-refractivity contribution in [3.8, 4) is 0 Å². The van der Waals surface area contributed by atoms with E-state index in [1.165, 1.54) is 0 Å². The highest BCUT2D eigenvalue weighted by Gasteiger charge is 2.12. The van der Waals surface area contributed by atoms with Crippen LogP contribution >= 0.6 is 0 Å². The normalized spacial score (nSPS) is 12.0. The monoisotopic (exact) mass is 401 g/mol. The van der Waals surface area contributed by atoms with Crippen LogP contribution in [0.1, 0.15) is 41.4 Å². The lowest BCUT2D eigenvalue weighted by molar-refractivity contribution is 0.102. The van der Waals surface area contributed by atoms with Crippen LogP contribution in [0.5, 0.6) is 0 Å². The van der Waals surface area contributed by atoms with E-state index in [0.29, 0.717) is 11.4 Å². The molecule has 0 aliphatic carbocycles. The highest BCUT2D eigenvalue weighted by molar-refractivity contribution is 6.04. The maximum atomic E-state index is 12.5. The van der Waals surface area contributed by atoms with E-state index < -0.39 is 0 Å². The molecule has 1 aromatic carbocycles. The van der Waals surface area contributed by atoms with Crippen molar-refractivity contribution in [2.45, 2.75) is 33.4 Å². The van der Waals surface area contributed by atoms with Crippen molar-refractivity contribution in [2.75, 3.05) is 10.6 Å². The van der Waals surface area contributed by atoms with Crippen LogP contribution in [-0.2, 0) is 6.54 Å². The summed E-state index contributed by atoms with van der Waals surface area (Å²) in [7, 11) is 0. The summed E-state index contributed by atoms with van der Waals surface area (Å²) >= 11 is 0. The molecule has 30 heavy (non-hydrogen) atoms. The first-order valence-electron chi connectivity index (χ1n) is 9.81. The van der Waals surface area contributed by atoms with Gasteiger partial charge in [-0.3, -0.25) is 9.78 Å². The van der Waals surface area contributed by atoms with Gasteiger partial charge in [0, 0.05) is 24.6 Å². The smallest absolute Gasteiger partial charge is 0.257 e. The van der Waals surface area contributed by atoms with Crippen molar-refractivity contribution >= 4 is 28.6 Å². The summed E-state index contributed by atoms with van der Waals surface area (Å²) in [6.45, 7) is 6.69. The van der Waals surface area contributed by atoms with Gasteiger partial charge in [-0.15, -0.1) is 0 Å². The number of rotatable bonds is 6. The molecule has 0 saturated heterocycles. The zero-order valence-corrected chi connectivity index (χ0v) is 17.1. The molecule has 0 aliphatic rings. The molecular weight excluding hydrogens is 378 g/mol. The minimum absolute atomic E-state index is 0.0350. The van der Waals surface area contributed by atoms with Crippen molar-refractivity contribution in [3.63, 3.8) is 0 Å². The Morgan fingerprint density at radius 2 is 2.03 bits per heavy atom. The standard InChI is InChI=1S/C22H23N7O/c1-4-29-21-19(12-25-29)24-13-20(28-21)26-15(3)16-6-5-7-18(9-16)27-22(30)17-8-14(2)10-23-11-17/h5-13,15H,4H2,1-3H3,(H,26,28)(H,27,30)/t15-/m0/s1. The first kappa shape index (κ1) is 19.5. The summed E-state index contributed by atoms with van der Waals surface area (Å²) in [5.74, 6) is 0.485. The van der Waals surface area contributed by atoms with E-state index in [-0.39, 0.29) is 11.9 Å². The number of fused-ring (bicyclic) bond motifs is 1. The van der Waals surface area contributed by atoms with E-state index in [4.69, 9.17) is 0 Å². The predicted molar refractivity (Wildman–Crippen MR) is 116 cm³/mol. The number of carbonyl (C=O) groups excluding carboxylic acids is 1. The fourth-order valence-electron chi connectivity index (χ4n) is 3.22. The Hall–Kier alpha value is -3.81. The number of benzene rings is 1. The van der Waals surface area contributed by atoms with E-state index in [9.17, 15) is 4.79 Å². The Morgan fingerprint density at radius 3 is 2.83 bits per heavy atom. The lowest BCUT2D eigenvalue weighted by atomic mass is 10.1. The number of nitrogens with zero attached hydrogens (tertiary/aromatic N) is 5. The molecule has 3 heterocycles. The molecule has 0 aliphatic heterocycles. The summed E-state index contributed by atoms with van der Waals surface area (Å²) in [5.41, 5.74) is 4.73. The van der Waals surface area contributed by atoms with Crippen LogP contribution < -0.4 is 10.6 Å². The molecule has 4 aromatic rings. The maximum Gasteiger partial charge on any atom is 0.257 e. The van der Waals surface area contributed by atoms with Crippen molar-refractivity contribution < 1.29 is 4.79 Å². The maximum absolute atomic E-state index is 12.5. The molecule has 0 unspecified atom stereocenters. The minimum atomic E-state index is -0.187. The predicted octanol–water partition coefficient (Wildman–Crippen LogP) is 3.98. The second-order valence-electron chi connectivity index (χ2n) is 7.12. The highest BCUT2D eigenvalue weighted by Crippen LogP contribution is 2.22. The molecule has 0 spiro atoms. The van der Waals surface area contributed by atoms with Crippen LogP contribution in [0.3, 0.4) is 0 Å². The zero-order valence-electron chi connectivity index (χ0n) is 17.1. The summed E-state index contributed by atoms with van der Waals surface area (Å²) < 4.78 is 1.81. The molecule has 3 aromatic heterocycles. The van der Waals surface area contributed by atoms with E-state index in [0.717, 1.165) is 34.5 Å². The average molecular weight is 401 g/mol. The molecule has 4 rings (SSSR count). The van der Waals surface area contributed by atoms with Crippen molar-refractivity contribution in [1.82, 2.24) is 24.7 Å². The van der Waals surface area contributed by atoms with Crippen LogP contribution in [0.25, 0.3) is 11.2 Å². The molecule has 152 valence electrons. The van der Waals surface area contributed by atoms with Gasteiger partial charge in [-0.25, -0.2) is 14.6 Å². The van der Waals surface area contributed by atoms with Gasteiger partial charge in [0.25, 0.3) is 5.91 Å². The third-order valence-corrected chi connectivity index (χ3v) is 4.79. The van der Waals surface area contributed by atoms with Crippen LogP contribution in [0.2, 0.25) is 0 Å². The minimum Gasteiger partial charge on any atom is -0.362 e. The fraction of sp³-hybridized carbons (Fsp3) is 0.227. The number of aryl methyl sites for hydroxylation is 2. The van der Waals surface area contributed by atoms with Crippen LogP contribution in [0.4, 0.5) is 11.5 Å². The van der Waals surface area contributed by atoms with E-state index in [1.807, 2.05) is 55.8 Å². The summed E-state index contributed by atoms with van der Waals surface area (Å²) in [6.07, 6.45) is 6.70. The molecule has 1 atom stereocenters. The average Bonchev–Trinajstić information content (AvgIpc) is 3.16. The molecule has 0 radical (unpaired) electrons. The largest absolute Gasteiger partial charge is 0.362 e. The van der Waals surface area contributed by atoms with Crippen molar-refractivity contribution in [3.05, 3.63) is 71.8 Å². The van der Waals surface area contributed by atoms with E-state index in [1.54, 1.807) is 24.8 Å². The molecular formula is C22H23N7O. The third kappa shape index (κ3) is 4.12. The quantitative estimate of drug-likeness (QED) is 0.507. The van der Waals surface area contributed by atoms with Crippen molar-refractivity contribution in [1.29, 1.82) is 0 Å².